The van der Waals surface area contributed by atoms with E-state index in [1.807, 2.05) is 18.5 Å². The first-order valence-electron chi connectivity index (χ1n) is 4.94. The van der Waals surface area contributed by atoms with Gasteiger partial charge in [0.25, 0.3) is 0 Å². The minimum Gasteiger partial charge on any atom is -0.476 e. The maximum atomic E-state index is 11.0. The van der Waals surface area contributed by atoms with Crippen LogP contribution in [0.5, 0.6) is 0 Å². The summed E-state index contributed by atoms with van der Waals surface area (Å²) in [6, 6.07) is 0. The van der Waals surface area contributed by atoms with Gasteiger partial charge in [-0.15, -0.1) is 0 Å². The summed E-state index contributed by atoms with van der Waals surface area (Å²) in [5.41, 5.74) is 2.29. The summed E-state index contributed by atoms with van der Waals surface area (Å²) in [4.78, 5) is 11.0. The van der Waals surface area contributed by atoms with Crippen molar-refractivity contribution >= 4 is 5.97 Å². The fourth-order valence-electron chi connectivity index (χ4n) is 2.12. The second-order valence-electron chi connectivity index (χ2n) is 4.00. The van der Waals surface area contributed by atoms with Crippen LogP contribution in [0.4, 0.5) is 0 Å². The molecule has 0 aliphatic carbocycles. The Bertz CT molecular complexity index is 380. The maximum Gasteiger partial charge on any atom is 0.356 e. The third-order valence-corrected chi connectivity index (χ3v) is 2.66. The molecule has 0 unspecified atom stereocenters. The fourth-order valence-corrected chi connectivity index (χ4v) is 2.12. The number of aryl methyl sites for hydroxylation is 1. The lowest BCUT2D eigenvalue weighted by Gasteiger charge is -2.05. The van der Waals surface area contributed by atoms with Gasteiger partial charge in [0.2, 0.25) is 0 Å². The summed E-state index contributed by atoms with van der Waals surface area (Å²) >= 11 is 0. The van der Waals surface area contributed by atoms with Crippen molar-refractivity contribution in [3.8, 4) is 0 Å². The van der Waals surface area contributed by atoms with Gasteiger partial charge >= 0.3 is 5.97 Å². The number of carboxylic acids is 1. The molecule has 14 heavy (non-hydrogen) atoms. The summed E-state index contributed by atoms with van der Waals surface area (Å²) in [6.45, 7) is 4.90. The Morgan fingerprint density at radius 1 is 1.57 bits per heavy atom. The van der Waals surface area contributed by atoms with Crippen molar-refractivity contribution in [3.63, 3.8) is 0 Å². The zero-order valence-corrected chi connectivity index (χ0v) is 8.45. The minimum absolute atomic E-state index is 0.239. The zero-order chi connectivity index (χ0) is 10.3. The molecule has 4 nitrogen and oxygen atoms in total. The van der Waals surface area contributed by atoms with E-state index in [1.165, 1.54) is 0 Å². The molecule has 1 aromatic rings. The number of fused-ring (bicyclic) bond motifs is 1. The molecule has 1 aliphatic rings. The quantitative estimate of drug-likeness (QED) is 0.778. The second kappa shape index (κ2) is 3.12. The van der Waals surface area contributed by atoms with Gasteiger partial charge in [0.15, 0.2) is 5.69 Å². The van der Waals surface area contributed by atoms with Gasteiger partial charge in [0.05, 0.1) is 0 Å². The highest BCUT2D eigenvalue weighted by Gasteiger charge is 2.26. The van der Waals surface area contributed by atoms with Crippen LogP contribution in [-0.2, 0) is 13.0 Å². The van der Waals surface area contributed by atoms with Gasteiger partial charge in [-0.2, -0.15) is 5.10 Å². The van der Waals surface area contributed by atoms with Crippen LogP contribution in [0.25, 0.3) is 0 Å². The first-order valence-corrected chi connectivity index (χ1v) is 4.94. The summed E-state index contributed by atoms with van der Waals surface area (Å²) in [5.74, 6) is -0.668. The normalized spacial score (nSPS) is 14.8. The molecule has 0 aromatic carbocycles. The first kappa shape index (κ1) is 9.24. The standard InChI is InChI=1S/C10H14N2O2/c1-6(2)8-7-4-3-5-12(7)11-9(8)10(13)14/h6H,3-5H2,1-2H3,(H,13,14). The van der Waals surface area contributed by atoms with Crippen LogP contribution in [0.15, 0.2) is 0 Å². The third kappa shape index (κ3) is 1.22. The Labute approximate surface area is 82.5 Å². The van der Waals surface area contributed by atoms with Crippen LogP contribution in [0, 0.1) is 0 Å². The highest BCUT2D eigenvalue weighted by molar-refractivity contribution is 5.87. The lowest BCUT2D eigenvalue weighted by molar-refractivity contribution is 0.0687. The van der Waals surface area contributed by atoms with Gasteiger partial charge in [-0.05, 0) is 18.8 Å². The zero-order valence-electron chi connectivity index (χ0n) is 8.45. The van der Waals surface area contributed by atoms with Crippen molar-refractivity contribution in [2.45, 2.75) is 39.2 Å². The van der Waals surface area contributed by atoms with E-state index in [9.17, 15) is 4.79 Å². The van der Waals surface area contributed by atoms with Gasteiger partial charge in [-0.25, -0.2) is 4.79 Å². The highest BCUT2D eigenvalue weighted by atomic mass is 16.4. The summed E-state index contributed by atoms with van der Waals surface area (Å²) in [6.07, 6.45) is 2.05. The molecule has 0 saturated carbocycles. The van der Waals surface area contributed by atoms with E-state index in [2.05, 4.69) is 5.10 Å². The first-order chi connectivity index (χ1) is 6.61. The van der Waals surface area contributed by atoms with Crippen LogP contribution in [0.2, 0.25) is 0 Å². The van der Waals surface area contributed by atoms with E-state index >= 15 is 0 Å². The second-order valence-corrected chi connectivity index (χ2v) is 4.00. The molecule has 0 amide bonds. The SMILES string of the molecule is CC(C)c1c(C(=O)O)nn2c1CCC2. The highest BCUT2D eigenvalue weighted by Crippen LogP contribution is 2.28. The third-order valence-electron chi connectivity index (χ3n) is 2.66. The summed E-state index contributed by atoms with van der Waals surface area (Å²) in [5, 5.41) is 13.1. The molecular formula is C10H14N2O2. The number of hydrogen-bond donors (Lipinski definition) is 1. The van der Waals surface area contributed by atoms with Crippen molar-refractivity contribution in [3.05, 3.63) is 17.0 Å². The molecular weight excluding hydrogens is 180 g/mol. The average molecular weight is 194 g/mol. The van der Waals surface area contributed by atoms with E-state index in [4.69, 9.17) is 5.11 Å². The molecule has 4 heteroatoms. The van der Waals surface area contributed by atoms with Gasteiger partial charge in [-0.3, -0.25) is 4.68 Å². The predicted octanol–water partition coefficient (Wildman–Crippen LogP) is 1.65. The number of hydrogen-bond acceptors (Lipinski definition) is 2. The van der Waals surface area contributed by atoms with E-state index in [0.717, 1.165) is 30.6 Å². The fraction of sp³-hybridized carbons (Fsp3) is 0.600. The number of aromatic nitrogens is 2. The lowest BCUT2D eigenvalue weighted by atomic mass is 9.99. The van der Waals surface area contributed by atoms with E-state index < -0.39 is 5.97 Å². The molecule has 1 aromatic heterocycles. The minimum atomic E-state index is -0.907. The molecule has 0 fully saturated rings. The Morgan fingerprint density at radius 2 is 2.29 bits per heavy atom. The van der Waals surface area contributed by atoms with Crippen LogP contribution in [-0.4, -0.2) is 20.9 Å². The topological polar surface area (TPSA) is 55.1 Å². The molecule has 0 atom stereocenters. The van der Waals surface area contributed by atoms with E-state index in [0.29, 0.717) is 0 Å². The summed E-state index contributed by atoms with van der Waals surface area (Å²) < 4.78 is 1.85. The van der Waals surface area contributed by atoms with Crippen molar-refractivity contribution < 1.29 is 9.90 Å². The van der Waals surface area contributed by atoms with Crippen LogP contribution >= 0.6 is 0 Å². The van der Waals surface area contributed by atoms with Crippen LogP contribution in [0.3, 0.4) is 0 Å². The average Bonchev–Trinajstić information content (AvgIpc) is 2.58. The number of aromatic carboxylic acids is 1. The molecule has 1 N–H and O–H groups in total. The Balaban J connectivity index is 2.57. The van der Waals surface area contributed by atoms with Crippen molar-refractivity contribution in [2.24, 2.45) is 0 Å². The molecule has 0 spiro atoms. The van der Waals surface area contributed by atoms with Gasteiger partial charge in [0, 0.05) is 17.8 Å². The Morgan fingerprint density at radius 3 is 2.86 bits per heavy atom. The van der Waals surface area contributed by atoms with Gasteiger partial charge in [0.1, 0.15) is 0 Å². The number of carbonyl (C=O) groups is 1. The maximum absolute atomic E-state index is 11.0. The molecule has 1 aliphatic heterocycles. The molecule has 0 bridgehead atoms. The number of rotatable bonds is 2. The molecule has 2 rings (SSSR count). The van der Waals surface area contributed by atoms with Crippen molar-refractivity contribution in [1.82, 2.24) is 9.78 Å². The predicted molar refractivity (Wildman–Crippen MR) is 51.6 cm³/mol. The Hall–Kier alpha value is -1.32. The monoisotopic (exact) mass is 194 g/mol. The molecule has 2 heterocycles. The number of carboxylic acid groups (broad SMARTS) is 1. The summed E-state index contributed by atoms with van der Waals surface area (Å²) in [7, 11) is 0. The molecule has 0 saturated heterocycles. The molecule has 0 radical (unpaired) electrons. The van der Waals surface area contributed by atoms with Crippen LogP contribution in [0.1, 0.15) is 47.9 Å². The van der Waals surface area contributed by atoms with Gasteiger partial charge in [-0.1, -0.05) is 13.8 Å². The van der Waals surface area contributed by atoms with Crippen molar-refractivity contribution in [1.29, 1.82) is 0 Å². The van der Waals surface area contributed by atoms with E-state index in [1.54, 1.807) is 0 Å². The van der Waals surface area contributed by atoms with Gasteiger partial charge < -0.3 is 5.11 Å². The number of nitrogens with zero attached hydrogens (tertiary/aromatic N) is 2. The largest absolute Gasteiger partial charge is 0.476 e. The molecule has 76 valence electrons. The Kier molecular flexibility index (Phi) is 2.06. The van der Waals surface area contributed by atoms with E-state index in [-0.39, 0.29) is 11.6 Å². The smallest absolute Gasteiger partial charge is 0.356 e. The van der Waals surface area contributed by atoms with Crippen LogP contribution < -0.4 is 0 Å². The van der Waals surface area contributed by atoms with Crippen molar-refractivity contribution in [2.75, 3.05) is 0 Å². The lowest BCUT2D eigenvalue weighted by Crippen LogP contribution is -2.04.